The number of aromatic nitrogens is 1. The van der Waals surface area contributed by atoms with Gasteiger partial charge in [-0.05, 0) is 48.5 Å². The molecule has 2 aromatic heterocycles. The Bertz CT molecular complexity index is 1070. The maximum absolute atomic E-state index is 13.9. The van der Waals surface area contributed by atoms with Crippen molar-refractivity contribution in [3.63, 3.8) is 0 Å². The Kier molecular flexibility index (Phi) is 4.52. The molecule has 7 heteroatoms. The van der Waals surface area contributed by atoms with Crippen LogP contribution in [0, 0.1) is 11.6 Å². The van der Waals surface area contributed by atoms with Gasteiger partial charge in [0.1, 0.15) is 16.6 Å². The van der Waals surface area contributed by atoms with E-state index in [1.165, 1.54) is 35.8 Å². The van der Waals surface area contributed by atoms with Crippen molar-refractivity contribution in [3.8, 4) is 21.8 Å². The van der Waals surface area contributed by atoms with Crippen LogP contribution in [0.4, 0.5) is 14.5 Å². The predicted molar refractivity (Wildman–Crippen MR) is 99.6 cm³/mol. The smallest absolute Gasteiger partial charge is 0.291 e. The Balaban J connectivity index is 1.55. The highest BCUT2D eigenvalue weighted by molar-refractivity contribution is 7.13. The average Bonchev–Trinajstić information content (AvgIpc) is 3.35. The summed E-state index contributed by atoms with van der Waals surface area (Å²) in [5, 5.41) is 4.96. The van der Waals surface area contributed by atoms with Gasteiger partial charge >= 0.3 is 0 Å². The zero-order valence-electron chi connectivity index (χ0n) is 13.8. The van der Waals surface area contributed by atoms with E-state index in [0.717, 1.165) is 5.56 Å². The number of thiazole rings is 1. The van der Waals surface area contributed by atoms with E-state index in [-0.39, 0.29) is 22.9 Å². The minimum Gasteiger partial charge on any atom is -0.459 e. The van der Waals surface area contributed by atoms with E-state index in [2.05, 4.69) is 10.3 Å². The zero-order chi connectivity index (χ0) is 18.8. The summed E-state index contributed by atoms with van der Waals surface area (Å²) in [6.07, 6.45) is 1.43. The number of benzene rings is 2. The fourth-order valence-electron chi connectivity index (χ4n) is 2.56. The molecule has 27 heavy (non-hydrogen) atoms. The second-order valence-electron chi connectivity index (χ2n) is 5.64. The van der Waals surface area contributed by atoms with E-state index < -0.39 is 11.6 Å². The summed E-state index contributed by atoms with van der Waals surface area (Å²) in [6.45, 7) is 0. The minimum absolute atomic E-state index is 0.137. The summed E-state index contributed by atoms with van der Waals surface area (Å²) in [5.41, 5.74) is 1.49. The number of anilines is 1. The van der Waals surface area contributed by atoms with Crippen molar-refractivity contribution in [2.24, 2.45) is 0 Å². The second-order valence-corrected chi connectivity index (χ2v) is 6.50. The van der Waals surface area contributed by atoms with Crippen LogP contribution in [0.3, 0.4) is 0 Å². The molecular formula is C20H12F2N2O2S. The monoisotopic (exact) mass is 382 g/mol. The Hall–Kier alpha value is -3.32. The predicted octanol–water partition coefficient (Wildman–Crippen LogP) is 5.60. The molecule has 0 bridgehead atoms. The number of amides is 1. The third kappa shape index (κ3) is 3.50. The van der Waals surface area contributed by atoms with Crippen LogP contribution in [0.1, 0.15) is 10.6 Å². The van der Waals surface area contributed by atoms with Crippen molar-refractivity contribution in [2.45, 2.75) is 0 Å². The molecule has 4 rings (SSSR count). The summed E-state index contributed by atoms with van der Waals surface area (Å²) in [4.78, 5) is 16.3. The molecule has 0 fully saturated rings. The lowest BCUT2D eigenvalue weighted by molar-refractivity contribution is 0.0996. The van der Waals surface area contributed by atoms with Crippen LogP contribution in [-0.4, -0.2) is 10.9 Å². The summed E-state index contributed by atoms with van der Waals surface area (Å²) < 4.78 is 32.9. The molecule has 0 unspecified atom stereocenters. The average molecular weight is 382 g/mol. The van der Waals surface area contributed by atoms with Crippen molar-refractivity contribution in [1.29, 1.82) is 0 Å². The molecule has 0 aliphatic rings. The first kappa shape index (κ1) is 17.1. The molecule has 1 amide bonds. The standard InChI is InChI=1S/C20H12F2N2O2S/c21-14-3-1-4-15(22)18(14)16-11-27-20(24-16)12-6-8-13(9-7-12)23-19(25)17-5-2-10-26-17/h1-11H,(H,23,25). The van der Waals surface area contributed by atoms with Gasteiger partial charge in [0, 0.05) is 16.6 Å². The van der Waals surface area contributed by atoms with Crippen molar-refractivity contribution >= 4 is 22.9 Å². The lowest BCUT2D eigenvalue weighted by Gasteiger charge is -2.04. The summed E-state index contributed by atoms with van der Waals surface area (Å²) in [6, 6.07) is 13.9. The number of carbonyl (C=O) groups excluding carboxylic acids is 1. The lowest BCUT2D eigenvalue weighted by atomic mass is 10.1. The maximum Gasteiger partial charge on any atom is 0.291 e. The largest absolute Gasteiger partial charge is 0.459 e. The van der Waals surface area contributed by atoms with Crippen molar-refractivity contribution in [3.05, 3.63) is 83.6 Å². The summed E-state index contributed by atoms with van der Waals surface area (Å²) in [5.74, 6) is -1.43. The molecule has 0 atom stereocenters. The topological polar surface area (TPSA) is 55.1 Å². The minimum atomic E-state index is -0.650. The van der Waals surface area contributed by atoms with Gasteiger partial charge in [0.05, 0.1) is 17.5 Å². The first-order chi connectivity index (χ1) is 13.1. The number of nitrogens with one attached hydrogen (secondary N) is 1. The van der Waals surface area contributed by atoms with Gasteiger partial charge in [-0.3, -0.25) is 4.79 Å². The highest BCUT2D eigenvalue weighted by Gasteiger charge is 2.15. The van der Waals surface area contributed by atoms with Gasteiger partial charge in [0.25, 0.3) is 5.91 Å². The quantitative estimate of drug-likeness (QED) is 0.500. The van der Waals surface area contributed by atoms with E-state index in [0.29, 0.717) is 10.7 Å². The maximum atomic E-state index is 13.9. The third-order valence-electron chi connectivity index (χ3n) is 3.86. The molecule has 134 valence electrons. The first-order valence-corrected chi connectivity index (χ1v) is 8.85. The Morgan fingerprint density at radius 2 is 1.74 bits per heavy atom. The summed E-state index contributed by atoms with van der Waals surface area (Å²) >= 11 is 1.29. The van der Waals surface area contributed by atoms with Crippen LogP contribution in [0.25, 0.3) is 21.8 Å². The van der Waals surface area contributed by atoms with E-state index in [4.69, 9.17) is 4.42 Å². The van der Waals surface area contributed by atoms with Crippen LogP contribution >= 0.6 is 11.3 Å². The molecule has 4 aromatic rings. The second kappa shape index (κ2) is 7.13. The molecule has 0 radical (unpaired) electrons. The van der Waals surface area contributed by atoms with Gasteiger partial charge < -0.3 is 9.73 Å². The van der Waals surface area contributed by atoms with E-state index in [9.17, 15) is 13.6 Å². The SMILES string of the molecule is O=C(Nc1ccc(-c2nc(-c3c(F)cccc3F)cs2)cc1)c1ccco1. The number of hydrogen-bond acceptors (Lipinski definition) is 4. The van der Waals surface area contributed by atoms with Gasteiger partial charge in [-0.15, -0.1) is 11.3 Å². The van der Waals surface area contributed by atoms with E-state index in [1.54, 1.807) is 41.8 Å². The van der Waals surface area contributed by atoms with E-state index in [1.807, 2.05) is 0 Å². The number of hydrogen-bond donors (Lipinski definition) is 1. The number of rotatable bonds is 4. The van der Waals surface area contributed by atoms with Gasteiger partial charge in [0.15, 0.2) is 5.76 Å². The van der Waals surface area contributed by atoms with Gasteiger partial charge in [-0.1, -0.05) is 6.07 Å². The van der Waals surface area contributed by atoms with Crippen LogP contribution in [0.2, 0.25) is 0 Å². The van der Waals surface area contributed by atoms with Crippen LogP contribution in [0.5, 0.6) is 0 Å². The van der Waals surface area contributed by atoms with Crippen LogP contribution < -0.4 is 5.32 Å². The van der Waals surface area contributed by atoms with Gasteiger partial charge in [-0.2, -0.15) is 0 Å². The van der Waals surface area contributed by atoms with Gasteiger partial charge in [-0.25, -0.2) is 13.8 Å². The van der Waals surface area contributed by atoms with Gasteiger partial charge in [0.2, 0.25) is 0 Å². The molecule has 2 aromatic carbocycles. The molecule has 0 spiro atoms. The number of carbonyl (C=O) groups is 1. The van der Waals surface area contributed by atoms with Crippen molar-refractivity contribution in [2.75, 3.05) is 5.32 Å². The Labute approximate surface area is 157 Å². The molecule has 0 saturated heterocycles. The molecular weight excluding hydrogens is 370 g/mol. The van der Waals surface area contributed by atoms with Crippen molar-refractivity contribution < 1.29 is 18.0 Å². The fraction of sp³-hybridized carbons (Fsp3) is 0. The number of furan rings is 1. The zero-order valence-corrected chi connectivity index (χ0v) is 14.6. The first-order valence-electron chi connectivity index (χ1n) is 7.97. The number of halogens is 2. The molecule has 1 N–H and O–H groups in total. The fourth-order valence-corrected chi connectivity index (χ4v) is 3.38. The highest BCUT2D eigenvalue weighted by Crippen LogP contribution is 2.32. The Morgan fingerprint density at radius 1 is 1.00 bits per heavy atom. The van der Waals surface area contributed by atoms with Crippen LogP contribution in [-0.2, 0) is 0 Å². The third-order valence-corrected chi connectivity index (χ3v) is 4.75. The lowest BCUT2D eigenvalue weighted by Crippen LogP contribution is -2.10. The molecule has 4 nitrogen and oxygen atoms in total. The highest BCUT2D eigenvalue weighted by atomic mass is 32.1. The van der Waals surface area contributed by atoms with Crippen LogP contribution in [0.15, 0.2) is 70.7 Å². The molecule has 2 heterocycles. The number of nitrogens with zero attached hydrogens (tertiary/aromatic N) is 1. The summed E-state index contributed by atoms with van der Waals surface area (Å²) in [7, 11) is 0. The van der Waals surface area contributed by atoms with E-state index >= 15 is 0 Å². The van der Waals surface area contributed by atoms with Crippen molar-refractivity contribution in [1.82, 2.24) is 4.98 Å². The molecule has 0 saturated carbocycles. The molecule has 0 aliphatic carbocycles. The normalized spacial score (nSPS) is 10.7. The Morgan fingerprint density at radius 3 is 2.41 bits per heavy atom. The molecule has 0 aliphatic heterocycles.